The number of piperazine rings is 1. The van der Waals surface area contributed by atoms with Crippen molar-refractivity contribution in [2.75, 3.05) is 58.5 Å². The van der Waals surface area contributed by atoms with Crippen LogP contribution in [0, 0.1) is 5.92 Å². The van der Waals surface area contributed by atoms with Gasteiger partial charge in [-0.2, -0.15) is 0 Å². The van der Waals surface area contributed by atoms with E-state index < -0.39 is 11.9 Å². The number of hydrogen-bond donors (Lipinski definition) is 2. The predicted molar refractivity (Wildman–Crippen MR) is 138 cm³/mol. The van der Waals surface area contributed by atoms with Crippen molar-refractivity contribution in [3.63, 3.8) is 0 Å². The van der Waals surface area contributed by atoms with E-state index in [-0.39, 0.29) is 0 Å². The highest BCUT2D eigenvalue weighted by Crippen LogP contribution is 2.29. The maximum absolute atomic E-state index is 9.55. The number of nitrogens with zero attached hydrogens (tertiary/aromatic N) is 3. The Bertz CT molecular complexity index is 1010. The largest absolute Gasteiger partial charge is 0.497 e. The summed E-state index contributed by atoms with van der Waals surface area (Å²) in [4.78, 5) is 29.0. The molecule has 4 rings (SSSR count). The van der Waals surface area contributed by atoms with Gasteiger partial charge in [-0.25, -0.2) is 14.6 Å². The predicted octanol–water partition coefficient (Wildman–Crippen LogP) is 3.19. The van der Waals surface area contributed by atoms with Gasteiger partial charge in [-0.15, -0.1) is 0 Å². The Hall–Kier alpha value is -3.43. The molecule has 2 aliphatic rings. The van der Waals surface area contributed by atoms with Gasteiger partial charge in [-0.1, -0.05) is 12.1 Å². The average molecular weight is 498 g/mol. The van der Waals surface area contributed by atoms with Crippen molar-refractivity contribution in [2.45, 2.75) is 19.3 Å². The Balaban J connectivity index is 0.000000392. The number of benzene rings is 1. The van der Waals surface area contributed by atoms with Gasteiger partial charge in [0.15, 0.2) is 0 Å². The third kappa shape index (κ3) is 8.66. The van der Waals surface area contributed by atoms with E-state index in [1.54, 1.807) is 7.11 Å². The summed E-state index contributed by atoms with van der Waals surface area (Å²) in [5.41, 5.74) is 3.66. The number of methoxy groups -OCH3 is 1. The molecule has 36 heavy (non-hydrogen) atoms. The van der Waals surface area contributed by atoms with Crippen LogP contribution in [0.15, 0.2) is 48.6 Å². The first kappa shape index (κ1) is 27.2. The number of ether oxygens (including phenoxy) is 2. The van der Waals surface area contributed by atoms with E-state index >= 15 is 0 Å². The second-order valence-electron chi connectivity index (χ2n) is 8.99. The van der Waals surface area contributed by atoms with Crippen LogP contribution < -0.4 is 9.64 Å². The van der Waals surface area contributed by atoms with Crippen LogP contribution in [0.5, 0.6) is 5.75 Å². The van der Waals surface area contributed by atoms with Crippen LogP contribution in [0.4, 0.5) is 5.82 Å². The Labute approximate surface area is 212 Å². The van der Waals surface area contributed by atoms with Crippen LogP contribution in [0.1, 0.15) is 18.5 Å². The number of aromatic nitrogens is 1. The van der Waals surface area contributed by atoms with E-state index in [2.05, 4.69) is 41.1 Å². The maximum Gasteiger partial charge on any atom is 0.328 e. The molecule has 9 heteroatoms. The van der Waals surface area contributed by atoms with Crippen LogP contribution in [0.3, 0.4) is 0 Å². The molecule has 2 fully saturated rings. The minimum absolute atomic E-state index is 0.558. The minimum Gasteiger partial charge on any atom is -0.497 e. The second kappa shape index (κ2) is 13.6. The van der Waals surface area contributed by atoms with E-state index in [1.807, 2.05) is 12.1 Å². The topological polar surface area (TPSA) is 112 Å². The Kier molecular flexibility index (Phi) is 10.3. The molecule has 0 saturated carbocycles. The number of carboxylic acid groups (broad SMARTS) is 2. The number of carboxylic acids is 2. The molecule has 2 saturated heterocycles. The van der Waals surface area contributed by atoms with Crippen LogP contribution in [-0.4, -0.2) is 85.6 Å². The second-order valence-corrected chi connectivity index (χ2v) is 8.99. The molecule has 2 N–H and O–H groups in total. The third-order valence-electron chi connectivity index (χ3n) is 6.32. The zero-order chi connectivity index (χ0) is 25.9. The lowest BCUT2D eigenvalue weighted by Crippen LogP contribution is -2.44. The lowest BCUT2D eigenvalue weighted by molar-refractivity contribution is -0.134. The van der Waals surface area contributed by atoms with Gasteiger partial charge in [0.1, 0.15) is 11.6 Å². The van der Waals surface area contributed by atoms with Crippen molar-refractivity contribution >= 4 is 17.8 Å². The van der Waals surface area contributed by atoms with Gasteiger partial charge < -0.3 is 29.5 Å². The summed E-state index contributed by atoms with van der Waals surface area (Å²) in [5.74, 6) is 0.163. The molecule has 0 atom stereocenters. The lowest BCUT2D eigenvalue weighted by atomic mass is 9.93. The number of rotatable bonds is 7. The molecule has 0 aliphatic carbocycles. The molecule has 1 aromatic heterocycles. The highest BCUT2D eigenvalue weighted by Gasteiger charge is 2.19. The highest BCUT2D eigenvalue weighted by molar-refractivity contribution is 5.89. The van der Waals surface area contributed by atoms with Crippen molar-refractivity contribution in [1.29, 1.82) is 0 Å². The van der Waals surface area contributed by atoms with E-state index in [9.17, 15) is 9.59 Å². The third-order valence-corrected chi connectivity index (χ3v) is 6.32. The van der Waals surface area contributed by atoms with Gasteiger partial charge in [0, 0.05) is 57.2 Å². The summed E-state index contributed by atoms with van der Waals surface area (Å²) in [6.07, 6.45) is 4.43. The van der Waals surface area contributed by atoms with E-state index in [4.69, 9.17) is 24.7 Å². The SMILES string of the molecule is COc1ccc(-c2cc(CC3CCOCC3)nc(N3CCN(C)CC3)c2)cc1.O=C(O)C=CC(=O)O. The fourth-order valence-corrected chi connectivity index (χ4v) is 4.21. The van der Waals surface area contributed by atoms with Gasteiger partial charge in [0.25, 0.3) is 0 Å². The summed E-state index contributed by atoms with van der Waals surface area (Å²) in [6, 6.07) is 12.9. The van der Waals surface area contributed by atoms with Crippen LogP contribution in [-0.2, 0) is 20.7 Å². The summed E-state index contributed by atoms with van der Waals surface area (Å²) >= 11 is 0. The first-order valence-electron chi connectivity index (χ1n) is 12.1. The molecule has 194 valence electrons. The van der Waals surface area contributed by atoms with E-state index in [0.717, 1.165) is 70.2 Å². The fourth-order valence-electron chi connectivity index (χ4n) is 4.21. The Morgan fingerprint density at radius 2 is 1.61 bits per heavy atom. The fraction of sp³-hybridized carbons (Fsp3) is 0.444. The molecule has 0 unspecified atom stereocenters. The molecule has 0 spiro atoms. The lowest BCUT2D eigenvalue weighted by Gasteiger charge is -2.33. The molecule has 1 aromatic carbocycles. The maximum atomic E-state index is 9.55. The molecule has 2 aliphatic heterocycles. The van der Waals surface area contributed by atoms with Gasteiger partial charge >= 0.3 is 11.9 Å². The van der Waals surface area contributed by atoms with Crippen molar-refractivity contribution in [2.24, 2.45) is 5.92 Å². The first-order valence-corrected chi connectivity index (χ1v) is 12.1. The van der Waals surface area contributed by atoms with E-state index in [0.29, 0.717) is 18.1 Å². The van der Waals surface area contributed by atoms with Crippen molar-refractivity contribution in [3.8, 4) is 16.9 Å². The molecule has 9 nitrogen and oxygen atoms in total. The zero-order valence-electron chi connectivity index (χ0n) is 20.9. The van der Waals surface area contributed by atoms with Gasteiger partial charge in [0.05, 0.1) is 7.11 Å². The Morgan fingerprint density at radius 1 is 1.00 bits per heavy atom. The number of aliphatic carboxylic acids is 2. The summed E-state index contributed by atoms with van der Waals surface area (Å²) in [5, 5.41) is 15.6. The molecular weight excluding hydrogens is 462 g/mol. The van der Waals surface area contributed by atoms with Crippen molar-refractivity contribution in [1.82, 2.24) is 9.88 Å². The van der Waals surface area contributed by atoms with Crippen LogP contribution in [0.2, 0.25) is 0 Å². The number of pyridine rings is 1. The summed E-state index contributed by atoms with van der Waals surface area (Å²) < 4.78 is 10.9. The average Bonchev–Trinajstić information content (AvgIpc) is 2.89. The standard InChI is InChI=1S/C23H31N3O2.C4H4O4/c1-25-9-11-26(12-10-25)23-17-20(19-3-5-22(27-2)6-4-19)16-21(24-23)15-18-7-13-28-14-8-18;5-3(6)1-2-4(7)8/h3-6,16-18H,7-15H2,1-2H3;1-2H,(H,5,6)(H,7,8). The molecule has 0 bridgehead atoms. The molecule has 3 heterocycles. The van der Waals surface area contributed by atoms with Gasteiger partial charge in [-0.3, -0.25) is 0 Å². The number of hydrogen-bond acceptors (Lipinski definition) is 7. The van der Waals surface area contributed by atoms with Crippen molar-refractivity contribution in [3.05, 3.63) is 54.2 Å². The molecule has 0 amide bonds. The normalized spacial score (nSPS) is 16.9. The number of likely N-dealkylation sites (N-methyl/N-ethyl adjacent to an activating group) is 1. The minimum atomic E-state index is -1.26. The van der Waals surface area contributed by atoms with Gasteiger partial charge in [0.2, 0.25) is 0 Å². The highest BCUT2D eigenvalue weighted by atomic mass is 16.5. The molecular formula is C27H35N3O6. The van der Waals surface area contributed by atoms with Crippen molar-refractivity contribution < 1.29 is 29.3 Å². The first-order chi connectivity index (χ1) is 17.3. The van der Waals surface area contributed by atoms with Gasteiger partial charge in [-0.05, 0) is 67.6 Å². The van der Waals surface area contributed by atoms with Crippen LogP contribution >= 0.6 is 0 Å². The monoisotopic (exact) mass is 497 g/mol. The summed E-state index contributed by atoms with van der Waals surface area (Å²) in [7, 11) is 3.90. The smallest absolute Gasteiger partial charge is 0.328 e. The van der Waals surface area contributed by atoms with Crippen LogP contribution in [0.25, 0.3) is 11.1 Å². The molecule has 2 aromatic rings. The Morgan fingerprint density at radius 3 is 2.17 bits per heavy atom. The van der Waals surface area contributed by atoms with E-state index in [1.165, 1.54) is 16.8 Å². The quantitative estimate of drug-likeness (QED) is 0.557. The zero-order valence-corrected chi connectivity index (χ0v) is 20.9. The molecule has 0 radical (unpaired) electrons. The number of carbonyl (C=O) groups is 2. The summed E-state index contributed by atoms with van der Waals surface area (Å²) in [6.45, 7) is 6.01. The number of anilines is 1.